The SMILES string of the molecule is CC(C)(C)OC(=O)NC12CC(Nc3nc(=O)n(Cc4ccc[nH]c4=O)c(=O)n3Cc3cc(F)c(F)c(F)c3)(C1)C2. The van der Waals surface area contributed by atoms with Crippen LogP contribution in [0.2, 0.25) is 0 Å². The van der Waals surface area contributed by atoms with E-state index in [9.17, 15) is 32.3 Å². The number of carbonyl (C=O) groups excluding carboxylic acids is 1. The number of alkyl carbamates (subject to hydrolysis) is 1. The van der Waals surface area contributed by atoms with E-state index in [2.05, 4.69) is 20.6 Å². The van der Waals surface area contributed by atoms with Gasteiger partial charge in [0.1, 0.15) is 5.60 Å². The molecule has 3 aliphatic carbocycles. The van der Waals surface area contributed by atoms with Crippen LogP contribution in [0.25, 0.3) is 0 Å². The van der Waals surface area contributed by atoms with Gasteiger partial charge in [0.05, 0.1) is 18.6 Å². The van der Waals surface area contributed by atoms with Crippen molar-refractivity contribution in [3.63, 3.8) is 0 Å². The van der Waals surface area contributed by atoms with E-state index in [1.165, 1.54) is 18.3 Å². The van der Waals surface area contributed by atoms with E-state index in [0.717, 1.165) is 21.3 Å². The van der Waals surface area contributed by atoms with Crippen molar-refractivity contribution < 1.29 is 22.7 Å². The van der Waals surface area contributed by atoms with Crippen LogP contribution in [0.5, 0.6) is 0 Å². The molecule has 2 aromatic heterocycles. The molecule has 0 aliphatic heterocycles. The van der Waals surface area contributed by atoms with Crippen LogP contribution in [0.15, 0.2) is 44.8 Å². The van der Waals surface area contributed by atoms with Crippen LogP contribution in [0.4, 0.5) is 23.9 Å². The van der Waals surface area contributed by atoms with Crippen LogP contribution < -0.4 is 27.6 Å². The van der Waals surface area contributed by atoms with Gasteiger partial charge >= 0.3 is 17.5 Å². The molecule has 0 spiro atoms. The van der Waals surface area contributed by atoms with E-state index in [1.54, 1.807) is 20.8 Å². The first-order chi connectivity index (χ1) is 18.7. The lowest BCUT2D eigenvalue weighted by atomic mass is 9.44. The van der Waals surface area contributed by atoms with Crippen molar-refractivity contribution in [2.24, 2.45) is 0 Å². The number of rotatable bonds is 7. The van der Waals surface area contributed by atoms with Crippen LogP contribution in [-0.2, 0) is 17.8 Å². The van der Waals surface area contributed by atoms with E-state index in [1.807, 2.05) is 0 Å². The second kappa shape index (κ2) is 9.38. The Kier molecular flexibility index (Phi) is 6.38. The molecule has 0 radical (unpaired) electrons. The number of anilines is 1. The minimum Gasteiger partial charge on any atom is -0.444 e. The largest absolute Gasteiger partial charge is 0.444 e. The number of benzene rings is 1. The van der Waals surface area contributed by atoms with E-state index in [-0.39, 0.29) is 17.1 Å². The molecule has 3 aliphatic rings. The van der Waals surface area contributed by atoms with Crippen LogP contribution >= 0.6 is 0 Å². The summed E-state index contributed by atoms with van der Waals surface area (Å²) in [5, 5.41) is 5.95. The smallest absolute Gasteiger partial charge is 0.408 e. The molecule has 3 fully saturated rings. The Morgan fingerprint density at radius 1 is 1.05 bits per heavy atom. The predicted molar refractivity (Wildman–Crippen MR) is 137 cm³/mol. The zero-order valence-electron chi connectivity index (χ0n) is 21.9. The fourth-order valence-electron chi connectivity index (χ4n) is 5.35. The van der Waals surface area contributed by atoms with Gasteiger partial charge in [-0.15, -0.1) is 0 Å². The second-order valence-electron chi connectivity index (χ2n) is 11.4. The molecular weight excluding hydrogens is 533 g/mol. The average molecular weight is 561 g/mol. The van der Waals surface area contributed by atoms with Gasteiger partial charge in [-0.2, -0.15) is 4.98 Å². The van der Waals surface area contributed by atoms with Gasteiger partial charge < -0.3 is 20.4 Å². The molecule has 11 nitrogen and oxygen atoms in total. The highest BCUT2D eigenvalue weighted by Crippen LogP contribution is 2.61. The third kappa shape index (κ3) is 5.12. The maximum Gasteiger partial charge on any atom is 0.408 e. The lowest BCUT2D eigenvalue weighted by Gasteiger charge is -2.70. The summed E-state index contributed by atoms with van der Waals surface area (Å²) in [6, 6.07) is 4.45. The van der Waals surface area contributed by atoms with E-state index in [4.69, 9.17) is 4.74 Å². The number of pyridine rings is 1. The molecule has 1 aromatic carbocycles. The van der Waals surface area contributed by atoms with Crippen molar-refractivity contribution >= 4 is 12.0 Å². The summed E-state index contributed by atoms with van der Waals surface area (Å²) in [6.07, 6.45) is 2.20. The maximum atomic E-state index is 13.9. The topological polar surface area (TPSA) is 140 Å². The molecule has 212 valence electrons. The Balaban J connectivity index is 1.45. The van der Waals surface area contributed by atoms with Crippen molar-refractivity contribution in [2.75, 3.05) is 5.32 Å². The first kappa shape index (κ1) is 27.2. The fraction of sp³-hybridized carbons (Fsp3) is 0.423. The maximum absolute atomic E-state index is 13.9. The Hall–Kier alpha value is -4.36. The number of hydrogen-bond acceptors (Lipinski definition) is 7. The molecule has 3 N–H and O–H groups in total. The summed E-state index contributed by atoms with van der Waals surface area (Å²) < 4.78 is 48.5. The lowest BCUT2D eigenvalue weighted by molar-refractivity contribution is -0.0664. The average Bonchev–Trinajstić information content (AvgIpc) is 2.80. The molecule has 0 unspecified atom stereocenters. The third-order valence-electron chi connectivity index (χ3n) is 6.94. The third-order valence-corrected chi connectivity index (χ3v) is 6.94. The Bertz CT molecular complexity index is 1650. The molecule has 2 heterocycles. The van der Waals surface area contributed by atoms with Crippen LogP contribution in [0.1, 0.15) is 51.2 Å². The van der Waals surface area contributed by atoms with Crippen molar-refractivity contribution in [1.29, 1.82) is 0 Å². The number of carbonyl (C=O) groups is 1. The van der Waals surface area contributed by atoms with Gasteiger partial charge in [-0.05, 0) is 63.8 Å². The molecule has 0 atom stereocenters. The number of H-pyrrole nitrogens is 1. The summed E-state index contributed by atoms with van der Waals surface area (Å²) in [5.74, 6) is -4.70. The molecule has 6 rings (SSSR count). The number of amides is 1. The predicted octanol–water partition coefficient (Wildman–Crippen LogP) is 2.22. The number of halogens is 3. The van der Waals surface area contributed by atoms with Gasteiger partial charge in [0.25, 0.3) is 5.56 Å². The molecule has 1 amide bonds. The summed E-state index contributed by atoms with van der Waals surface area (Å²) in [7, 11) is 0. The fourth-order valence-corrected chi connectivity index (χ4v) is 5.35. The van der Waals surface area contributed by atoms with Crippen molar-refractivity contribution in [3.8, 4) is 0 Å². The monoisotopic (exact) mass is 560 g/mol. The summed E-state index contributed by atoms with van der Waals surface area (Å²) >= 11 is 0. The zero-order valence-corrected chi connectivity index (χ0v) is 21.9. The van der Waals surface area contributed by atoms with Crippen LogP contribution in [0.3, 0.4) is 0 Å². The standard InChI is InChI=1S/C26H27F3N6O5/c1-24(2,3)40-22(38)33-26-11-25(12-26,13-26)32-20-31-21(37)35(10-15-5-4-6-30-19(15)36)23(39)34(20)9-14-7-16(27)18(29)17(28)8-14/h4-8H,9-13H2,1-3H3,(H,30,36)(H,33,38)(H,31,32,37). The molecule has 14 heteroatoms. The minimum absolute atomic E-state index is 0.0910. The van der Waals surface area contributed by atoms with Crippen molar-refractivity contribution in [2.45, 2.75) is 69.8 Å². The van der Waals surface area contributed by atoms with Gasteiger partial charge in [0.2, 0.25) is 5.95 Å². The molecule has 0 saturated heterocycles. The number of aromatic amines is 1. The first-order valence-corrected chi connectivity index (χ1v) is 12.5. The highest BCUT2D eigenvalue weighted by atomic mass is 19.2. The van der Waals surface area contributed by atoms with E-state index < -0.39 is 70.3 Å². The van der Waals surface area contributed by atoms with Crippen molar-refractivity contribution in [1.82, 2.24) is 24.4 Å². The number of aromatic nitrogens is 4. The number of nitrogens with one attached hydrogen (secondary N) is 3. The number of nitrogens with zero attached hydrogens (tertiary/aromatic N) is 3. The van der Waals surface area contributed by atoms with Crippen LogP contribution in [0, 0.1) is 17.5 Å². The quantitative estimate of drug-likeness (QED) is 0.377. The summed E-state index contributed by atoms with van der Waals surface area (Å²) in [6.45, 7) is 4.39. The molecule has 3 aromatic rings. The molecule has 3 saturated carbocycles. The number of ether oxygens (including phenoxy) is 1. The number of hydrogen-bond donors (Lipinski definition) is 3. The van der Waals surface area contributed by atoms with Gasteiger partial charge in [-0.3, -0.25) is 9.36 Å². The van der Waals surface area contributed by atoms with E-state index in [0.29, 0.717) is 19.3 Å². The first-order valence-electron chi connectivity index (χ1n) is 12.5. The Morgan fingerprint density at radius 3 is 2.30 bits per heavy atom. The normalized spacial score (nSPS) is 21.2. The molecular formula is C26H27F3N6O5. The van der Waals surface area contributed by atoms with Gasteiger partial charge in [-0.25, -0.2) is 32.1 Å². The summed E-state index contributed by atoms with van der Waals surface area (Å²) in [5.41, 5.74) is -4.10. The van der Waals surface area contributed by atoms with Gasteiger partial charge in [0, 0.05) is 17.3 Å². The van der Waals surface area contributed by atoms with Crippen molar-refractivity contribution in [3.05, 3.63) is 90.4 Å². The highest BCUT2D eigenvalue weighted by molar-refractivity contribution is 5.70. The zero-order chi connectivity index (χ0) is 29.0. The Labute approximate surface area is 225 Å². The van der Waals surface area contributed by atoms with Gasteiger partial charge in [0.15, 0.2) is 17.5 Å². The molecule has 40 heavy (non-hydrogen) atoms. The molecule has 2 bridgehead atoms. The second-order valence-corrected chi connectivity index (χ2v) is 11.4. The van der Waals surface area contributed by atoms with E-state index >= 15 is 0 Å². The van der Waals surface area contributed by atoms with Crippen LogP contribution in [-0.4, -0.2) is 41.9 Å². The lowest BCUT2D eigenvalue weighted by Crippen LogP contribution is -2.81. The minimum atomic E-state index is -1.66. The summed E-state index contributed by atoms with van der Waals surface area (Å²) in [4.78, 5) is 57.3. The highest BCUT2D eigenvalue weighted by Gasteiger charge is 2.69. The Morgan fingerprint density at radius 2 is 1.70 bits per heavy atom. The van der Waals surface area contributed by atoms with Gasteiger partial charge in [-0.1, -0.05) is 6.07 Å².